The maximum Gasteiger partial charge on any atom is 0.0638 e. The van der Waals surface area contributed by atoms with Gasteiger partial charge in [0.15, 0.2) is 0 Å². The van der Waals surface area contributed by atoms with Crippen LogP contribution in [0.25, 0.3) is 0 Å². The van der Waals surface area contributed by atoms with E-state index in [9.17, 15) is 0 Å². The summed E-state index contributed by atoms with van der Waals surface area (Å²) in [4.78, 5) is 2.45. The van der Waals surface area contributed by atoms with Gasteiger partial charge in [0, 0.05) is 19.7 Å². The molecule has 0 fully saturated rings. The van der Waals surface area contributed by atoms with Crippen LogP contribution in [-0.2, 0) is 4.74 Å². The number of hydrogen-bond acceptors (Lipinski definition) is 3. The van der Waals surface area contributed by atoms with Gasteiger partial charge in [0.2, 0.25) is 0 Å². The lowest BCUT2D eigenvalue weighted by atomic mass is 9.97. The maximum absolute atomic E-state index is 5.84. The third-order valence-electron chi connectivity index (χ3n) is 2.99. The Labute approximate surface area is 95.0 Å². The number of nitrogens with two attached hydrogens (primary N) is 1. The number of likely N-dealkylation sites (N-methyl/N-ethyl adjacent to an activating group) is 1. The minimum Gasteiger partial charge on any atom is -0.379 e. The van der Waals surface area contributed by atoms with Crippen molar-refractivity contribution in [1.82, 2.24) is 4.90 Å². The van der Waals surface area contributed by atoms with Crippen molar-refractivity contribution in [2.75, 3.05) is 26.7 Å². The van der Waals surface area contributed by atoms with Crippen LogP contribution >= 0.6 is 0 Å². The highest BCUT2D eigenvalue weighted by Gasteiger charge is 2.25. The van der Waals surface area contributed by atoms with Gasteiger partial charge in [0.25, 0.3) is 0 Å². The average Bonchev–Trinajstić information content (AvgIpc) is 2.23. The first-order valence-electron chi connectivity index (χ1n) is 6.00. The van der Waals surface area contributed by atoms with Gasteiger partial charge in [-0.1, -0.05) is 13.8 Å². The van der Waals surface area contributed by atoms with Gasteiger partial charge in [-0.05, 0) is 39.8 Å². The zero-order chi connectivity index (χ0) is 11.9. The lowest BCUT2D eigenvalue weighted by Crippen LogP contribution is -2.45. The molecule has 1 atom stereocenters. The Morgan fingerprint density at radius 3 is 2.27 bits per heavy atom. The lowest BCUT2D eigenvalue weighted by Gasteiger charge is -2.35. The van der Waals surface area contributed by atoms with E-state index in [1.54, 1.807) is 7.11 Å². The molecule has 0 rings (SSSR count). The molecule has 0 heterocycles. The predicted octanol–water partition coefficient (Wildman–Crippen LogP) is 1.86. The van der Waals surface area contributed by atoms with Gasteiger partial charge in [-0.25, -0.2) is 0 Å². The highest BCUT2D eigenvalue weighted by atomic mass is 16.5. The quantitative estimate of drug-likeness (QED) is 0.673. The van der Waals surface area contributed by atoms with Crippen molar-refractivity contribution in [3.8, 4) is 0 Å². The first-order chi connectivity index (χ1) is 7.00. The molecule has 0 amide bonds. The lowest BCUT2D eigenvalue weighted by molar-refractivity contribution is -0.00701. The summed E-state index contributed by atoms with van der Waals surface area (Å²) >= 11 is 0. The Kier molecular flexibility index (Phi) is 7.14. The largest absolute Gasteiger partial charge is 0.379 e. The number of ether oxygens (including phenoxy) is 1. The Balaban J connectivity index is 4.32. The molecular weight excluding hydrogens is 188 g/mol. The summed E-state index contributed by atoms with van der Waals surface area (Å²) < 4.78 is 5.46. The molecule has 0 saturated heterocycles. The van der Waals surface area contributed by atoms with Crippen molar-refractivity contribution in [3.63, 3.8) is 0 Å². The summed E-state index contributed by atoms with van der Waals surface area (Å²) in [5.74, 6) is 0. The Bertz CT molecular complexity index is 160. The molecule has 0 bridgehead atoms. The van der Waals surface area contributed by atoms with Gasteiger partial charge in [-0.3, -0.25) is 4.90 Å². The van der Waals surface area contributed by atoms with Gasteiger partial charge in [0.05, 0.1) is 5.60 Å². The highest BCUT2D eigenvalue weighted by Crippen LogP contribution is 2.18. The zero-order valence-electron chi connectivity index (χ0n) is 11.0. The number of hydrogen-bond donors (Lipinski definition) is 1. The molecule has 3 heteroatoms. The Morgan fingerprint density at radius 1 is 1.33 bits per heavy atom. The zero-order valence-corrected chi connectivity index (χ0v) is 11.0. The van der Waals surface area contributed by atoms with Crippen LogP contribution in [0.4, 0.5) is 0 Å². The van der Waals surface area contributed by atoms with E-state index in [1.165, 1.54) is 6.42 Å². The molecule has 0 radical (unpaired) electrons. The predicted molar refractivity (Wildman–Crippen MR) is 66.1 cm³/mol. The van der Waals surface area contributed by atoms with Crippen LogP contribution in [0.15, 0.2) is 0 Å². The molecule has 0 aliphatic carbocycles. The van der Waals surface area contributed by atoms with E-state index in [0.29, 0.717) is 12.6 Å². The normalized spacial score (nSPS) is 14.6. The van der Waals surface area contributed by atoms with E-state index in [-0.39, 0.29) is 5.60 Å². The van der Waals surface area contributed by atoms with E-state index >= 15 is 0 Å². The van der Waals surface area contributed by atoms with E-state index in [1.807, 2.05) is 0 Å². The number of rotatable bonds is 8. The maximum atomic E-state index is 5.84. The van der Waals surface area contributed by atoms with E-state index in [0.717, 1.165) is 19.5 Å². The van der Waals surface area contributed by atoms with E-state index < -0.39 is 0 Å². The summed E-state index contributed by atoms with van der Waals surface area (Å²) in [5.41, 5.74) is 5.77. The molecule has 0 aliphatic rings. The smallest absolute Gasteiger partial charge is 0.0638 e. The second kappa shape index (κ2) is 7.20. The van der Waals surface area contributed by atoms with Gasteiger partial charge < -0.3 is 10.5 Å². The van der Waals surface area contributed by atoms with E-state index in [4.69, 9.17) is 10.5 Å². The minimum absolute atomic E-state index is 0.0782. The summed E-state index contributed by atoms with van der Waals surface area (Å²) in [5, 5.41) is 0. The van der Waals surface area contributed by atoms with Gasteiger partial charge in [-0.2, -0.15) is 0 Å². The van der Waals surface area contributed by atoms with Gasteiger partial charge in [-0.15, -0.1) is 0 Å². The Morgan fingerprint density at radius 2 is 1.93 bits per heavy atom. The number of nitrogens with zero attached hydrogens (tertiary/aromatic N) is 1. The van der Waals surface area contributed by atoms with Gasteiger partial charge >= 0.3 is 0 Å². The van der Waals surface area contributed by atoms with Crippen molar-refractivity contribution in [2.45, 2.75) is 52.2 Å². The highest BCUT2D eigenvalue weighted by molar-refractivity contribution is 4.80. The Hall–Kier alpha value is -0.120. The molecule has 1 unspecified atom stereocenters. The molecule has 3 nitrogen and oxygen atoms in total. The second-order valence-electron chi connectivity index (χ2n) is 4.69. The molecule has 15 heavy (non-hydrogen) atoms. The molecule has 2 N–H and O–H groups in total. The summed E-state index contributed by atoms with van der Waals surface area (Å²) in [6.07, 6.45) is 2.17. The average molecular weight is 216 g/mol. The van der Waals surface area contributed by atoms with Crippen LogP contribution in [0.1, 0.15) is 40.5 Å². The van der Waals surface area contributed by atoms with Crippen molar-refractivity contribution < 1.29 is 4.74 Å². The van der Waals surface area contributed by atoms with Crippen LogP contribution in [-0.4, -0.2) is 43.3 Å². The van der Waals surface area contributed by atoms with Crippen molar-refractivity contribution in [2.24, 2.45) is 5.73 Å². The van der Waals surface area contributed by atoms with Crippen molar-refractivity contribution in [1.29, 1.82) is 0 Å². The fourth-order valence-electron chi connectivity index (χ4n) is 1.90. The molecule has 0 spiro atoms. The van der Waals surface area contributed by atoms with Crippen LogP contribution in [0, 0.1) is 0 Å². The fraction of sp³-hybridized carbons (Fsp3) is 1.00. The van der Waals surface area contributed by atoms with Crippen molar-refractivity contribution >= 4 is 0 Å². The molecule has 0 aromatic heterocycles. The van der Waals surface area contributed by atoms with Crippen LogP contribution in [0.3, 0.4) is 0 Å². The monoisotopic (exact) mass is 216 g/mol. The minimum atomic E-state index is -0.0782. The van der Waals surface area contributed by atoms with Gasteiger partial charge in [0.1, 0.15) is 0 Å². The number of methoxy groups -OCH3 is 1. The molecule has 0 aromatic rings. The third kappa shape index (κ3) is 5.50. The summed E-state index contributed by atoms with van der Waals surface area (Å²) in [7, 11) is 1.77. The molecule has 0 aliphatic heterocycles. The van der Waals surface area contributed by atoms with Crippen LogP contribution in [0.5, 0.6) is 0 Å². The molecule has 0 aromatic carbocycles. The second-order valence-corrected chi connectivity index (χ2v) is 4.69. The molecule has 0 saturated carbocycles. The van der Waals surface area contributed by atoms with Crippen LogP contribution in [0.2, 0.25) is 0 Å². The topological polar surface area (TPSA) is 38.5 Å². The van der Waals surface area contributed by atoms with Crippen molar-refractivity contribution in [3.05, 3.63) is 0 Å². The SMILES string of the molecule is CCCN(CC)C(CN)CC(C)(C)OC. The first-order valence-corrected chi connectivity index (χ1v) is 6.00. The first kappa shape index (κ1) is 14.9. The standard InChI is InChI=1S/C12H28N2O/c1-6-8-14(7-2)11(10-13)9-12(3,4)15-5/h11H,6-10,13H2,1-5H3. The molecule has 92 valence electrons. The third-order valence-corrected chi connectivity index (χ3v) is 2.99. The van der Waals surface area contributed by atoms with Crippen LogP contribution < -0.4 is 5.73 Å². The van der Waals surface area contributed by atoms with E-state index in [2.05, 4.69) is 32.6 Å². The fourth-order valence-corrected chi connectivity index (χ4v) is 1.90. The summed E-state index contributed by atoms with van der Waals surface area (Å²) in [6.45, 7) is 11.5. The summed E-state index contributed by atoms with van der Waals surface area (Å²) in [6, 6.07) is 0.435. The molecular formula is C12H28N2O.